The summed E-state index contributed by atoms with van der Waals surface area (Å²) in [5.41, 5.74) is 1.81. The van der Waals surface area contributed by atoms with Gasteiger partial charge in [-0.15, -0.1) is 0 Å². The molecule has 0 aliphatic carbocycles. The molecule has 138 valence electrons. The molecule has 2 heterocycles. The van der Waals surface area contributed by atoms with Crippen molar-refractivity contribution in [3.63, 3.8) is 0 Å². The van der Waals surface area contributed by atoms with Crippen molar-refractivity contribution in [1.82, 2.24) is 9.88 Å². The first kappa shape index (κ1) is 18.2. The zero-order valence-electron chi connectivity index (χ0n) is 15.5. The number of pyridine rings is 1. The zero-order valence-corrected chi connectivity index (χ0v) is 15.5. The number of hydrogen-bond donors (Lipinski definition) is 1. The first-order chi connectivity index (χ1) is 12.3. The van der Waals surface area contributed by atoms with Gasteiger partial charge >= 0.3 is 0 Å². The van der Waals surface area contributed by atoms with Gasteiger partial charge in [-0.05, 0) is 45.0 Å². The number of halogens is 1. The molecule has 1 aliphatic heterocycles. The fraction of sp³-hybridized carbons (Fsp3) is 0.400. The van der Waals surface area contributed by atoms with Gasteiger partial charge in [-0.25, -0.2) is 4.39 Å². The van der Waals surface area contributed by atoms with Crippen LogP contribution in [0.4, 0.5) is 15.8 Å². The van der Waals surface area contributed by atoms with Crippen LogP contribution in [0.25, 0.3) is 0 Å². The summed E-state index contributed by atoms with van der Waals surface area (Å²) >= 11 is 0. The van der Waals surface area contributed by atoms with Crippen LogP contribution in [-0.2, 0) is 0 Å². The number of rotatable bonds is 3. The standard InChI is InChI=1S/C20H25FN4O/c1-20(2,3)23-15-8-9-22-17(14-15)19(26)25-12-10-24(11-13-25)18-7-5-4-6-16(18)21/h4-9,14H,10-13H2,1-3H3,(H,22,23). The largest absolute Gasteiger partial charge is 0.380 e. The Hall–Kier alpha value is -2.63. The van der Waals surface area contributed by atoms with E-state index in [1.165, 1.54) is 6.07 Å². The first-order valence-corrected chi connectivity index (χ1v) is 8.86. The van der Waals surface area contributed by atoms with Crippen molar-refractivity contribution in [1.29, 1.82) is 0 Å². The number of nitrogens with one attached hydrogen (secondary N) is 1. The van der Waals surface area contributed by atoms with Crippen LogP contribution in [0.2, 0.25) is 0 Å². The molecule has 0 radical (unpaired) electrons. The number of nitrogens with zero attached hydrogens (tertiary/aromatic N) is 3. The summed E-state index contributed by atoms with van der Waals surface area (Å²) in [5, 5.41) is 3.35. The average Bonchev–Trinajstić information content (AvgIpc) is 2.60. The van der Waals surface area contributed by atoms with Crippen molar-refractivity contribution in [3.05, 3.63) is 54.1 Å². The highest BCUT2D eigenvalue weighted by Crippen LogP contribution is 2.21. The van der Waals surface area contributed by atoms with E-state index in [1.54, 1.807) is 29.3 Å². The maximum Gasteiger partial charge on any atom is 0.272 e. The maximum atomic E-state index is 13.9. The minimum Gasteiger partial charge on any atom is -0.380 e. The predicted octanol–water partition coefficient (Wildman–Crippen LogP) is 3.39. The molecule has 0 spiro atoms. The molecule has 1 fully saturated rings. The van der Waals surface area contributed by atoms with Gasteiger partial charge in [0, 0.05) is 43.6 Å². The molecule has 6 heteroatoms. The first-order valence-electron chi connectivity index (χ1n) is 8.86. The van der Waals surface area contributed by atoms with Gasteiger partial charge in [0.15, 0.2) is 0 Å². The van der Waals surface area contributed by atoms with Gasteiger partial charge in [-0.3, -0.25) is 9.78 Å². The van der Waals surface area contributed by atoms with Crippen molar-refractivity contribution in [2.24, 2.45) is 0 Å². The second kappa shape index (κ2) is 7.32. The molecule has 1 aromatic heterocycles. The van der Waals surface area contributed by atoms with E-state index in [0.717, 1.165) is 5.69 Å². The second-order valence-corrected chi connectivity index (χ2v) is 7.54. The van der Waals surface area contributed by atoms with Crippen molar-refractivity contribution < 1.29 is 9.18 Å². The number of piperazine rings is 1. The van der Waals surface area contributed by atoms with E-state index < -0.39 is 0 Å². The summed E-state index contributed by atoms with van der Waals surface area (Å²) in [6.45, 7) is 8.50. The van der Waals surface area contributed by atoms with Crippen LogP contribution in [-0.4, -0.2) is 47.5 Å². The van der Waals surface area contributed by atoms with Crippen LogP contribution in [0.5, 0.6) is 0 Å². The average molecular weight is 356 g/mol. The topological polar surface area (TPSA) is 48.5 Å². The van der Waals surface area contributed by atoms with Crippen molar-refractivity contribution >= 4 is 17.3 Å². The molecule has 2 aromatic rings. The highest BCUT2D eigenvalue weighted by molar-refractivity contribution is 5.93. The van der Waals surface area contributed by atoms with Crippen LogP contribution in [0, 0.1) is 5.82 Å². The molecule has 26 heavy (non-hydrogen) atoms. The molecule has 1 amide bonds. The predicted molar refractivity (Wildman–Crippen MR) is 102 cm³/mol. The second-order valence-electron chi connectivity index (χ2n) is 7.54. The van der Waals surface area contributed by atoms with Crippen LogP contribution < -0.4 is 10.2 Å². The summed E-state index contributed by atoms with van der Waals surface area (Å²) in [6, 6.07) is 10.4. The Morgan fingerprint density at radius 3 is 2.46 bits per heavy atom. The minimum absolute atomic E-state index is 0.0873. The zero-order chi connectivity index (χ0) is 18.7. The molecule has 1 aromatic carbocycles. The SMILES string of the molecule is CC(C)(C)Nc1ccnc(C(=O)N2CCN(c3ccccc3F)CC2)c1. The van der Waals surface area contributed by atoms with Crippen LogP contribution in [0.3, 0.4) is 0 Å². The van der Waals surface area contributed by atoms with Gasteiger partial charge < -0.3 is 15.1 Å². The fourth-order valence-corrected chi connectivity index (χ4v) is 3.08. The third kappa shape index (κ3) is 4.31. The van der Waals surface area contributed by atoms with Crippen molar-refractivity contribution in [3.8, 4) is 0 Å². The van der Waals surface area contributed by atoms with Gasteiger partial charge in [0.05, 0.1) is 5.69 Å². The third-order valence-electron chi connectivity index (χ3n) is 4.26. The molecular weight excluding hydrogens is 331 g/mol. The number of hydrogen-bond acceptors (Lipinski definition) is 4. The molecule has 0 bridgehead atoms. The molecule has 3 rings (SSSR count). The molecule has 1 aliphatic rings. The Morgan fingerprint density at radius 2 is 1.81 bits per heavy atom. The minimum atomic E-state index is -0.227. The van der Waals surface area contributed by atoms with E-state index in [9.17, 15) is 9.18 Å². The van der Waals surface area contributed by atoms with E-state index in [4.69, 9.17) is 0 Å². The van der Waals surface area contributed by atoms with Gasteiger partial charge in [-0.1, -0.05) is 12.1 Å². The third-order valence-corrected chi connectivity index (χ3v) is 4.26. The lowest BCUT2D eigenvalue weighted by molar-refractivity contribution is 0.0741. The van der Waals surface area contributed by atoms with Gasteiger partial charge in [-0.2, -0.15) is 0 Å². The summed E-state index contributed by atoms with van der Waals surface area (Å²) in [6.07, 6.45) is 1.65. The van der Waals surface area contributed by atoms with Gasteiger partial charge in [0.2, 0.25) is 0 Å². The Labute approximate surface area is 153 Å². The number of aromatic nitrogens is 1. The number of amides is 1. The van der Waals surface area contributed by atoms with E-state index >= 15 is 0 Å². The number of carbonyl (C=O) groups excluding carboxylic acids is 1. The lowest BCUT2D eigenvalue weighted by Crippen LogP contribution is -2.49. The highest BCUT2D eigenvalue weighted by Gasteiger charge is 2.24. The molecule has 0 unspecified atom stereocenters. The van der Waals surface area contributed by atoms with Crippen molar-refractivity contribution in [2.45, 2.75) is 26.3 Å². The van der Waals surface area contributed by atoms with Crippen LogP contribution in [0.1, 0.15) is 31.3 Å². The van der Waals surface area contributed by atoms with E-state index in [0.29, 0.717) is 37.6 Å². The molecule has 1 saturated heterocycles. The number of anilines is 2. The lowest BCUT2D eigenvalue weighted by atomic mass is 10.1. The summed E-state index contributed by atoms with van der Waals surface area (Å²) in [5.74, 6) is -0.314. The van der Waals surface area contributed by atoms with Gasteiger partial charge in [0.1, 0.15) is 11.5 Å². The number of benzene rings is 1. The van der Waals surface area contributed by atoms with Crippen LogP contribution in [0.15, 0.2) is 42.6 Å². The smallest absolute Gasteiger partial charge is 0.272 e. The maximum absolute atomic E-state index is 13.9. The van der Waals surface area contributed by atoms with E-state index in [-0.39, 0.29) is 17.3 Å². The van der Waals surface area contributed by atoms with Crippen LogP contribution >= 0.6 is 0 Å². The molecule has 0 saturated carbocycles. The molecule has 5 nitrogen and oxygen atoms in total. The Kier molecular flexibility index (Phi) is 5.11. The Morgan fingerprint density at radius 1 is 1.12 bits per heavy atom. The highest BCUT2D eigenvalue weighted by atomic mass is 19.1. The van der Waals surface area contributed by atoms with E-state index in [1.807, 2.05) is 17.0 Å². The molecular formula is C20H25FN4O. The van der Waals surface area contributed by atoms with Crippen molar-refractivity contribution in [2.75, 3.05) is 36.4 Å². The lowest BCUT2D eigenvalue weighted by Gasteiger charge is -2.36. The molecule has 1 N–H and O–H groups in total. The Balaban J connectivity index is 1.65. The summed E-state index contributed by atoms with van der Waals surface area (Å²) in [4.78, 5) is 20.8. The Bertz CT molecular complexity index is 779. The quantitative estimate of drug-likeness (QED) is 0.916. The number of carbonyl (C=O) groups is 1. The fourth-order valence-electron chi connectivity index (χ4n) is 3.08. The molecule has 0 atom stereocenters. The summed E-state index contributed by atoms with van der Waals surface area (Å²) < 4.78 is 13.9. The summed E-state index contributed by atoms with van der Waals surface area (Å²) in [7, 11) is 0. The normalized spacial score (nSPS) is 15.1. The number of para-hydroxylation sites is 1. The van der Waals surface area contributed by atoms with E-state index in [2.05, 4.69) is 31.1 Å². The monoisotopic (exact) mass is 356 g/mol. The van der Waals surface area contributed by atoms with Gasteiger partial charge in [0.25, 0.3) is 5.91 Å².